The predicted molar refractivity (Wildman–Crippen MR) is 109 cm³/mol. The van der Waals surface area contributed by atoms with Crippen LogP contribution in [0.3, 0.4) is 0 Å². The molecule has 27 heavy (non-hydrogen) atoms. The third-order valence-corrected chi connectivity index (χ3v) is 7.02. The molecule has 9 heteroatoms. The standard InChI is InChI=1S/C18H21ClN2O4S2/c1-26(22,23)16-6-7-17(18(13-16)27(2,24)25)21-10-8-20(9-11-21)15-5-3-4-14(19)12-15/h3-7,12-13H,8-11H2,1-2H3. The Morgan fingerprint density at radius 3 is 2.00 bits per heavy atom. The Morgan fingerprint density at radius 1 is 0.815 bits per heavy atom. The Morgan fingerprint density at radius 2 is 1.44 bits per heavy atom. The lowest BCUT2D eigenvalue weighted by Gasteiger charge is -2.38. The molecule has 3 rings (SSSR count). The third-order valence-electron chi connectivity index (χ3n) is 4.55. The summed E-state index contributed by atoms with van der Waals surface area (Å²) in [6.07, 6.45) is 2.16. The second-order valence-corrected chi connectivity index (χ2v) is 11.1. The highest BCUT2D eigenvalue weighted by atomic mass is 35.5. The maximum atomic E-state index is 12.3. The molecule has 0 spiro atoms. The Bertz CT molecular complexity index is 1060. The zero-order valence-corrected chi connectivity index (χ0v) is 17.5. The maximum Gasteiger partial charge on any atom is 0.177 e. The molecule has 0 atom stereocenters. The van der Waals surface area contributed by atoms with Gasteiger partial charge in [0.05, 0.1) is 15.5 Å². The van der Waals surface area contributed by atoms with Crippen molar-refractivity contribution in [2.75, 3.05) is 48.5 Å². The molecule has 1 saturated heterocycles. The molecule has 2 aromatic rings. The highest BCUT2D eigenvalue weighted by molar-refractivity contribution is 7.91. The summed E-state index contributed by atoms with van der Waals surface area (Å²) in [5, 5.41) is 0.672. The van der Waals surface area contributed by atoms with Crippen LogP contribution in [0.2, 0.25) is 5.02 Å². The first kappa shape index (κ1) is 20.0. The minimum Gasteiger partial charge on any atom is -0.368 e. The van der Waals surface area contributed by atoms with Crippen LogP contribution in [0.5, 0.6) is 0 Å². The first-order valence-electron chi connectivity index (χ1n) is 8.35. The SMILES string of the molecule is CS(=O)(=O)c1ccc(N2CCN(c3cccc(Cl)c3)CC2)c(S(C)(=O)=O)c1. The molecule has 0 aromatic heterocycles. The average Bonchev–Trinajstić information content (AvgIpc) is 2.60. The molecule has 6 nitrogen and oxygen atoms in total. The number of piperazine rings is 1. The van der Waals surface area contributed by atoms with Crippen molar-refractivity contribution in [2.45, 2.75) is 9.79 Å². The summed E-state index contributed by atoms with van der Waals surface area (Å²) < 4.78 is 48.1. The molecule has 1 aliphatic heterocycles. The molecular formula is C18H21ClN2O4S2. The van der Waals surface area contributed by atoms with Crippen LogP contribution in [-0.2, 0) is 19.7 Å². The highest BCUT2D eigenvalue weighted by Gasteiger charge is 2.24. The van der Waals surface area contributed by atoms with E-state index in [1.807, 2.05) is 29.2 Å². The fourth-order valence-electron chi connectivity index (χ4n) is 3.16. The van der Waals surface area contributed by atoms with Crippen molar-refractivity contribution in [3.63, 3.8) is 0 Å². The molecule has 0 bridgehead atoms. The zero-order chi connectivity index (χ0) is 19.8. The van der Waals surface area contributed by atoms with Crippen LogP contribution in [0.4, 0.5) is 11.4 Å². The molecule has 146 valence electrons. The van der Waals surface area contributed by atoms with E-state index in [-0.39, 0.29) is 9.79 Å². The van der Waals surface area contributed by atoms with Crippen molar-refractivity contribution in [1.29, 1.82) is 0 Å². The van der Waals surface area contributed by atoms with Crippen LogP contribution in [-0.4, -0.2) is 55.5 Å². The lowest BCUT2D eigenvalue weighted by molar-refractivity contribution is 0.598. The lowest BCUT2D eigenvalue weighted by Crippen LogP contribution is -2.47. The normalized spacial score (nSPS) is 15.8. The Balaban J connectivity index is 1.87. The van der Waals surface area contributed by atoms with Crippen LogP contribution in [0.25, 0.3) is 0 Å². The van der Waals surface area contributed by atoms with E-state index in [1.54, 1.807) is 6.07 Å². The monoisotopic (exact) mass is 428 g/mol. The van der Waals surface area contributed by atoms with Crippen LogP contribution >= 0.6 is 11.6 Å². The van der Waals surface area contributed by atoms with Gasteiger partial charge in [0, 0.05) is 49.4 Å². The van der Waals surface area contributed by atoms with Crippen molar-refractivity contribution < 1.29 is 16.8 Å². The molecule has 0 unspecified atom stereocenters. The van der Waals surface area contributed by atoms with Crippen molar-refractivity contribution in [2.24, 2.45) is 0 Å². The molecule has 1 fully saturated rings. The summed E-state index contributed by atoms with van der Waals surface area (Å²) in [5.74, 6) is 0. The van der Waals surface area contributed by atoms with E-state index < -0.39 is 19.7 Å². The van der Waals surface area contributed by atoms with E-state index in [9.17, 15) is 16.8 Å². The van der Waals surface area contributed by atoms with Crippen molar-refractivity contribution >= 4 is 42.7 Å². The van der Waals surface area contributed by atoms with Crippen LogP contribution in [0.1, 0.15) is 0 Å². The van der Waals surface area contributed by atoms with E-state index in [0.29, 0.717) is 36.9 Å². The van der Waals surface area contributed by atoms with Crippen molar-refractivity contribution in [3.8, 4) is 0 Å². The van der Waals surface area contributed by atoms with Crippen LogP contribution in [0, 0.1) is 0 Å². The van der Waals surface area contributed by atoms with Gasteiger partial charge in [-0.25, -0.2) is 16.8 Å². The summed E-state index contributed by atoms with van der Waals surface area (Å²) >= 11 is 6.06. The number of rotatable bonds is 4. The number of sulfone groups is 2. The minimum atomic E-state index is -3.57. The molecule has 1 heterocycles. The van der Waals surface area contributed by atoms with Gasteiger partial charge in [0.2, 0.25) is 0 Å². The van der Waals surface area contributed by atoms with Gasteiger partial charge in [-0.3, -0.25) is 0 Å². The minimum absolute atomic E-state index is 0.00392. The van der Waals surface area contributed by atoms with Gasteiger partial charge in [0.15, 0.2) is 19.7 Å². The number of hydrogen-bond donors (Lipinski definition) is 0. The second kappa shape index (κ2) is 7.33. The van der Waals surface area contributed by atoms with Crippen molar-refractivity contribution in [3.05, 3.63) is 47.5 Å². The smallest absolute Gasteiger partial charge is 0.177 e. The maximum absolute atomic E-state index is 12.3. The van der Waals surface area contributed by atoms with Gasteiger partial charge >= 0.3 is 0 Å². The second-order valence-electron chi connectivity index (χ2n) is 6.63. The quantitative estimate of drug-likeness (QED) is 0.744. The highest BCUT2D eigenvalue weighted by Crippen LogP contribution is 2.30. The number of benzene rings is 2. The molecule has 0 saturated carbocycles. The van der Waals surface area contributed by atoms with Crippen LogP contribution in [0.15, 0.2) is 52.3 Å². The van der Waals surface area contributed by atoms with Crippen molar-refractivity contribution in [1.82, 2.24) is 0 Å². The molecule has 2 aromatic carbocycles. The largest absolute Gasteiger partial charge is 0.368 e. The first-order valence-corrected chi connectivity index (χ1v) is 12.5. The summed E-state index contributed by atoms with van der Waals surface area (Å²) in [7, 11) is -7.06. The van der Waals surface area contributed by atoms with E-state index in [4.69, 9.17) is 11.6 Å². The lowest BCUT2D eigenvalue weighted by atomic mass is 10.2. The summed E-state index contributed by atoms with van der Waals surface area (Å²) in [5.41, 5.74) is 1.56. The Labute approximate surface area is 165 Å². The van der Waals surface area contributed by atoms with E-state index >= 15 is 0 Å². The average molecular weight is 429 g/mol. The Hall–Kier alpha value is -1.77. The van der Waals surface area contributed by atoms with Gasteiger partial charge in [0.1, 0.15) is 0 Å². The number of anilines is 2. The summed E-state index contributed by atoms with van der Waals surface area (Å²) in [6.45, 7) is 2.65. The summed E-state index contributed by atoms with van der Waals surface area (Å²) in [6, 6.07) is 11.9. The van der Waals surface area contributed by atoms with Gasteiger partial charge in [-0.05, 0) is 36.4 Å². The zero-order valence-electron chi connectivity index (χ0n) is 15.1. The fourth-order valence-corrected chi connectivity index (χ4v) is 4.99. The Kier molecular flexibility index (Phi) is 5.42. The predicted octanol–water partition coefficient (Wildman–Crippen LogP) is 2.47. The van der Waals surface area contributed by atoms with E-state index in [2.05, 4.69) is 4.90 Å². The molecule has 0 aliphatic carbocycles. The fraction of sp³-hybridized carbons (Fsp3) is 0.333. The number of nitrogens with zero attached hydrogens (tertiary/aromatic N) is 2. The molecule has 0 N–H and O–H groups in total. The van der Waals surface area contributed by atoms with Gasteiger partial charge in [-0.15, -0.1) is 0 Å². The summed E-state index contributed by atoms with van der Waals surface area (Å²) in [4.78, 5) is 4.21. The van der Waals surface area contributed by atoms with Gasteiger partial charge < -0.3 is 9.80 Å². The molecular weight excluding hydrogens is 408 g/mol. The van der Waals surface area contributed by atoms with Gasteiger partial charge in [-0.2, -0.15) is 0 Å². The van der Waals surface area contributed by atoms with E-state index in [0.717, 1.165) is 18.2 Å². The number of halogens is 1. The van der Waals surface area contributed by atoms with Gasteiger partial charge in [-0.1, -0.05) is 17.7 Å². The van der Waals surface area contributed by atoms with Gasteiger partial charge in [0.25, 0.3) is 0 Å². The molecule has 0 radical (unpaired) electrons. The first-order chi connectivity index (χ1) is 12.6. The van der Waals surface area contributed by atoms with E-state index in [1.165, 1.54) is 12.1 Å². The molecule has 0 amide bonds. The van der Waals surface area contributed by atoms with Crippen LogP contribution < -0.4 is 9.80 Å². The topological polar surface area (TPSA) is 74.8 Å². The molecule has 1 aliphatic rings. The number of hydrogen-bond acceptors (Lipinski definition) is 6. The third kappa shape index (κ3) is 4.56.